The zero-order valence-electron chi connectivity index (χ0n) is 21.5. The summed E-state index contributed by atoms with van der Waals surface area (Å²) in [5.41, 5.74) is 0.809. The average Bonchev–Trinajstić information content (AvgIpc) is 2.82. The number of benzene rings is 1. The Morgan fingerprint density at radius 2 is 1.12 bits per heavy atom. The topological polar surface area (TPSA) is 90.5 Å². The highest BCUT2D eigenvalue weighted by Crippen LogP contribution is 2.13. The highest BCUT2D eigenvalue weighted by Gasteiger charge is 2.04. The number of amides is 3. The van der Waals surface area contributed by atoms with Gasteiger partial charge in [0.25, 0.3) is 0 Å². The normalized spacial score (nSPS) is 10.7. The van der Waals surface area contributed by atoms with Crippen LogP contribution in [-0.2, 0) is 11.2 Å². The van der Waals surface area contributed by atoms with Crippen molar-refractivity contribution in [3.63, 3.8) is 0 Å². The molecule has 34 heavy (non-hydrogen) atoms. The molecule has 1 aromatic rings. The summed E-state index contributed by atoms with van der Waals surface area (Å²) in [7, 11) is 0. The highest BCUT2D eigenvalue weighted by molar-refractivity contribution is 5.79. The van der Waals surface area contributed by atoms with Crippen LogP contribution in [0.3, 0.4) is 0 Å². The molecule has 0 aliphatic heterocycles. The number of carbonyl (C=O) groups excluding carboxylic acids is 2. The van der Waals surface area contributed by atoms with E-state index in [2.05, 4.69) is 22.9 Å². The van der Waals surface area contributed by atoms with E-state index in [0.717, 1.165) is 18.4 Å². The molecule has 0 saturated heterocycles. The monoisotopic (exact) mass is 475 g/mol. The number of nitrogens with one attached hydrogen (secondary N) is 3. The van der Waals surface area contributed by atoms with Crippen molar-refractivity contribution in [2.45, 2.75) is 116 Å². The summed E-state index contributed by atoms with van der Waals surface area (Å²) < 4.78 is 0. The van der Waals surface area contributed by atoms with Crippen LogP contribution in [0.25, 0.3) is 0 Å². The Labute approximate surface area is 207 Å². The van der Waals surface area contributed by atoms with Crippen LogP contribution in [0.15, 0.2) is 24.3 Å². The van der Waals surface area contributed by atoms with Crippen LogP contribution < -0.4 is 16.0 Å². The van der Waals surface area contributed by atoms with Gasteiger partial charge in [0, 0.05) is 6.54 Å². The number of hydrogen-bond acceptors (Lipinski definition) is 3. The van der Waals surface area contributed by atoms with E-state index in [-0.39, 0.29) is 30.8 Å². The number of aromatic hydroxyl groups is 1. The van der Waals surface area contributed by atoms with Gasteiger partial charge in [0.1, 0.15) is 5.75 Å². The molecular formula is C28H49N3O3. The SMILES string of the molecule is CCCCCCCCCCCCCCCCCCNC(=O)NCNC(=O)Cc1ccc(O)cc1. The zero-order chi connectivity index (χ0) is 24.7. The van der Waals surface area contributed by atoms with Crippen molar-refractivity contribution in [3.8, 4) is 5.75 Å². The summed E-state index contributed by atoms with van der Waals surface area (Å²) >= 11 is 0. The molecule has 6 nitrogen and oxygen atoms in total. The fraction of sp³-hybridized carbons (Fsp3) is 0.714. The van der Waals surface area contributed by atoms with Crippen molar-refractivity contribution in [3.05, 3.63) is 29.8 Å². The van der Waals surface area contributed by atoms with Crippen molar-refractivity contribution < 1.29 is 14.7 Å². The summed E-state index contributed by atoms with van der Waals surface area (Å²) in [5, 5.41) is 17.4. The summed E-state index contributed by atoms with van der Waals surface area (Å²) in [6.07, 6.45) is 21.6. The third kappa shape index (κ3) is 18.2. The van der Waals surface area contributed by atoms with E-state index in [1.807, 2.05) is 0 Å². The first-order chi connectivity index (χ1) is 16.6. The number of urea groups is 1. The molecule has 3 amide bonds. The summed E-state index contributed by atoms with van der Waals surface area (Å²) in [5.74, 6) is -0.00404. The Morgan fingerprint density at radius 3 is 1.62 bits per heavy atom. The Bertz CT molecular complexity index is 634. The van der Waals surface area contributed by atoms with Gasteiger partial charge in [-0.3, -0.25) is 4.79 Å². The van der Waals surface area contributed by atoms with E-state index in [0.29, 0.717) is 6.54 Å². The molecule has 0 unspecified atom stereocenters. The summed E-state index contributed by atoms with van der Waals surface area (Å²) in [4.78, 5) is 23.6. The van der Waals surface area contributed by atoms with E-state index < -0.39 is 0 Å². The van der Waals surface area contributed by atoms with Crippen LogP contribution in [0, 0.1) is 0 Å². The maximum absolute atomic E-state index is 11.9. The number of hydrogen-bond donors (Lipinski definition) is 4. The Balaban J connectivity index is 1.80. The molecule has 0 fully saturated rings. The Kier molecular flexibility index (Phi) is 18.7. The van der Waals surface area contributed by atoms with Gasteiger partial charge in [-0.05, 0) is 24.1 Å². The molecule has 0 spiro atoms. The van der Waals surface area contributed by atoms with E-state index >= 15 is 0 Å². The number of unbranched alkanes of at least 4 members (excludes halogenated alkanes) is 15. The molecule has 0 saturated carbocycles. The lowest BCUT2D eigenvalue weighted by molar-refractivity contribution is -0.120. The third-order valence-electron chi connectivity index (χ3n) is 6.15. The summed E-state index contributed by atoms with van der Waals surface area (Å²) in [6, 6.07) is 6.24. The van der Waals surface area contributed by atoms with Gasteiger partial charge >= 0.3 is 6.03 Å². The molecule has 1 rings (SSSR count). The Hall–Kier alpha value is -2.24. The second kappa shape index (κ2) is 21.3. The lowest BCUT2D eigenvalue weighted by Crippen LogP contribution is -2.43. The lowest BCUT2D eigenvalue weighted by Gasteiger charge is -2.09. The predicted molar refractivity (Wildman–Crippen MR) is 141 cm³/mol. The van der Waals surface area contributed by atoms with Crippen molar-refractivity contribution in [2.75, 3.05) is 13.2 Å². The van der Waals surface area contributed by atoms with Gasteiger partial charge in [-0.25, -0.2) is 4.79 Å². The molecule has 0 aromatic heterocycles. The zero-order valence-corrected chi connectivity index (χ0v) is 21.5. The first kappa shape index (κ1) is 29.8. The number of phenolic OH excluding ortho intramolecular Hbond substituents is 1. The van der Waals surface area contributed by atoms with E-state index in [9.17, 15) is 14.7 Å². The molecule has 1 aromatic carbocycles. The predicted octanol–water partition coefficient (Wildman–Crippen LogP) is 6.57. The molecule has 0 atom stereocenters. The Morgan fingerprint density at radius 1 is 0.647 bits per heavy atom. The van der Waals surface area contributed by atoms with Gasteiger partial charge in [-0.15, -0.1) is 0 Å². The van der Waals surface area contributed by atoms with Gasteiger partial charge < -0.3 is 21.1 Å². The minimum absolute atomic E-state index is 0.0989. The van der Waals surface area contributed by atoms with Crippen molar-refractivity contribution in [1.29, 1.82) is 0 Å². The highest BCUT2D eigenvalue weighted by atomic mass is 16.3. The largest absolute Gasteiger partial charge is 0.508 e. The van der Waals surface area contributed by atoms with E-state index in [1.54, 1.807) is 24.3 Å². The van der Waals surface area contributed by atoms with Crippen molar-refractivity contribution in [2.24, 2.45) is 0 Å². The van der Waals surface area contributed by atoms with Gasteiger partial charge in [0.2, 0.25) is 5.91 Å². The third-order valence-corrected chi connectivity index (χ3v) is 6.15. The van der Waals surface area contributed by atoms with Crippen LogP contribution in [0.2, 0.25) is 0 Å². The van der Waals surface area contributed by atoms with E-state index in [1.165, 1.54) is 89.9 Å². The fourth-order valence-electron chi connectivity index (χ4n) is 4.02. The fourth-order valence-corrected chi connectivity index (χ4v) is 4.02. The summed E-state index contributed by atoms with van der Waals surface area (Å²) in [6.45, 7) is 3.03. The van der Waals surface area contributed by atoms with Crippen LogP contribution >= 0.6 is 0 Å². The second-order valence-corrected chi connectivity index (χ2v) is 9.36. The maximum atomic E-state index is 11.9. The van der Waals surface area contributed by atoms with E-state index in [4.69, 9.17) is 0 Å². The lowest BCUT2D eigenvalue weighted by atomic mass is 10.0. The molecule has 0 bridgehead atoms. The molecule has 0 aliphatic rings. The standard InChI is InChI=1S/C28H49N3O3/c1-2-3-4-5-6-7-8-9-10-11-12-13-14-15-16-17-22-29-28(34)31-24-30-27(33)23-25-18-20-26(32)21-19-25/h18-21,32H,2-17,22-24H2,1H3,(H,30,33)(H2,29,31,34). The number of rotatable bonds is 21. The molecule has 4 N–H and O–H groups in total. The minimum Gasteiger partial charge on any atom is -0.508 e. The first-order valence-electron chi connectivity index (χ1n) is 13.7. The number of carbonyl (C=O) groups is 2. The average molecular weight is 476 g/mol. The van der Waals surface area contributed by atoms with Gasteiger partial charge in [0.05, 0.1) is 13.1 Å². The molecule has 0 radical (unpaired) electrons. The molecule has 6 heteroatoms. The smallest absolute Gasteiger partial charge is 0.316 e. The minimum atomic E-state index is -0.258. The van der Waals surface area contributed by atoms with Gasteiger partial charge in [-0.1, -0.05) is 115 Å². The van der Waals surface area contributed by atoms with Crippen LogP contribution in [0.4, 0.5) is 4.79 Å². The van der Waals surface area contributed by atoms with Gasteiger partial charge in [0.15, 0.2) is 0 Å². The number of phenols is 1. The van der Waals surface area contributed by atoms with Crippen LogP contribution in [0.1, 0.15) is 115 Å². The van der Waals surface area contributed by atoms with Crippen LogP contribution in [0.5, 0.6) is 5.75 Å². The molecule has 0 aliphatic carbocycles. The quantitative estimate of drug-likeness (QED) is 0.120. The maximum Gasteiger partial charge on any atom is 0.316 e. The molecule has 0 heterocycles. The van der Waals surface area contributed by atoms with Crippen molar-refractivity contribution in [1.82, 2.24) is 16.0 Å². The van der Waals surface area contributed by atoms with Crippen molar-refractivity contribution >= 4 is 11.9 Å². The first-order valence-corrected chi connectivity index (χ1v) is 13.7. The molecule has 194 valence electrons. The molecular weight excluding hydrogens is 426 g/mol. The van der Waals surface area contributed by atoms with Crippen LogP contribution in [-0.4, -0.2) is 30.3 Å². The van der Waals surface area contributed by atoms with Gasteiger partial charge in [-0.2, -0.15) is 0 Å². The second-order valence-electron chi connectivity index (χ2n) is 9.36.